The first kappa shape index (κ1) is 11.6. The SMILES string of the molecule is NC(=O)c1ccc(CNC(=O)C2CNC2)cc1. The third-order valence-corrected chi connectivity index (χ3v) is 2.86. The van der Waals surface area contributed by atoms with Gasteiger partial charge in [0.25, 0.3) is 0 Å². The largest absolute Gasteiger partial charge is 0.366 e. The first-order valence-corrected chi connectivity index (χ1v) is 5.54. The summed E-state index contributed by atoms with van der Waals surface area (Å²) >= 11 is 0. The van der Waals surface area contributed by atoms with Gasteiger partial charge < -0.3 is 16.4 Å². The first-order valence-electron chi connectivity index (χ1n) is 5.54. The molecule has 0 atom stereocenters. The Bertz CT molecular complexity index is 424. The van der Waals surface area contributed by atoms with Crippen molar-refractivity contribution in [2.24, 2.45) is 11.7 Å². The fraction of sp³-hybridized carbons (Fsp3) is 0.333. The summed E-state index contributed by atoms with van der Waals surface area (Å²) in [4.78, 5) is 22.4. The molecule has 2 rings (SSSR count). The smallest absolute Gasteiger partial charge is 0.248 e. The van der Waals surface area contributed by atoms with E-state index in [4.69, 9.17) is 5.73 Å². The number of primary amides is 1. The molecule has 0 radical (unpaired) electrons. The summed E-state index contributed by atoms with van der Waals surface area (Å²) in [5.74, 6) is -0.274. The molecule has 1 aromatic carbocycles. The lowest BCUT2D eigenvalue weighted by Crippen LogP contribution is -2.50. The molecule has 0 aliphatic carbocycles. The van der Waals surface area contributed by atoms with Crippen LogP contribution in [0.3, 0.4) is 0 Å². The summed E-state index contributed by atoms with van der Waals surface area (Å²) in [6.45, 7) is 1.99. The molecule has 5 heteroatoms. The zero-order valence-electron chi connectivity index (χ0n) is 9.40. The molecule has 0 unspecified atom stereocenters. The summed E-state index contributed by atoms with van der Waals surface area (Å²) < 4.78 is 0. The van der Waals surface area contributed by atoms with Crippen LogP contribution in [0.5, 0.6) is 0 Å². The highest BCUT2D eigenvalue weighted by Crippen LogP contribution is 2.06. The number of carbonyl (C=O) groups excluding carboxylic acids is 2. The second-order valence-corrected chi connectivity index (χ2v) is 4.13. The van der Waals surface area contributed by atoms with E-state index in [9.17, 15) is 9.59 Å². The van der Waals surface area contributed by atoms with Crippen molar-refractivity contribution in [2.45, 2.75) is 6.54 Å². The van der Waals surface area contributed by atoms with Crippen LogP contribution in [0.1, 0.15) is 15.9 Å². The fourth-order valence-electron chi connectivity index (χ4n) is 1.59. The molecule has 1 aliphatic heterocycles. The Balaban J connectivity index is 1.86. The molecule has 1 aliphatic rings. The number of hydrogen-bond donors (Lipinski definition) is 3. The minimum Gasteiger partial charge on any atom is -0.366 e. The van der Waals surface area contributed by atoms with Gasteiger partial charge in [0.1, 0.15) is 0 Å². The summed E-state index contributed by atoms with van der Waals surface area (Å²) in [7, 11) is 0. The Kier molecular flexibility index (Phi) is 3.39. The molecule has 2 amide bonds. The Morgan fingerprint density at radius 1 is 1.29 bits per heavy atom. The molecule has 0 spiro atoms. The Morgan fingerprint density at radius 3 is 2.41 bits per heavy atom. The van der Waals surface area contributed by atoms with Gasteiger partial charge in [-0.05, 0) is 17.7 Å². The van der Waals surface area contributed by atoms with Gasteiger partial charge >= 0.3 is 0 Å². The third-order valence-electron chi connectivity index (χ3n) is 2.86. The average molecular weight is 233 g/mol. The van der Waals surface area contributed by atoms with E-state index in [1.165, 1.54) is 0 Å². The van der Waals surface area contributed by atoms with Crippen molar-refractivity contribution in [1.82, 2.24) is 10.6 Å². The van der Waals surface area contributed by atoms with Crippen LogP contribution in [-0.2, 0) is 11.3 Å². The van der Waals surface area contributed by atoms with Crippen LogP contribution in [0.4, 0.5) is 0 Å². The molecule has 1 fully saturated rings. The fourth-order valence-corrected chi connectivity index (χ4v) is 1.59. The molecular formula is C12H15N3O2. The summed E-state index contributed by atoms with van der Waals surface area (Å²) in [5.41, 5.74) is 6.57. The summed E-state index contributed by atoms with van der Waals surface area (Å²) in [5, 5.41) is 5.90. The first-order chi connectivity index (χ1) is 8.16. The van der Waals surface area contributed by atoms with E-state index in [2.05, 4.69) is 10.6 Å². The minimum atomic E-state index is -0.443. The normalized spacial score (nSPS) is 15.1. The number of hydrogen-bond acceptors (Lipinski definition) is 3. The minimum absolute atomic E-state index is 0.0720. The van der Waals surface area contributed by atoms with Crippen molar-refractivity contribution in [1.29, 1.82) is 0 Å². The summed E-state index contributed by atoms with van der Waals surface area (Å²) in [6.07, 6.45) is 0. The van der Waals surface area contributed by atoms with Gasteiger partial charge in [-0.25, -0.2) is 0 Å². The van der Waals surface area contributed by atoms with Crippen LogP contribution in [0.15, 0.2) is 24.3 Å². The monoisotopic (exact) mass is 233 g/mol. The lowest BCUT2D eigenvalue weighted by molar-refractivity contribution is -0.126. The maximum atomic E-state index is 11.5. The number of benzene rings is 1. The van der Waals surface area contributed by atoms with Gasteiger partial charge in [0.2, 0.25) is 11.8 Å². The third kappa shape index (κ3) is 2.82. The van der Waals surface area contributed by atoms with Gasteiger partial charge in [-0.15, -0.1) is 0 Å². The van der Waals surface area contributed by atoms with Crippen molar-refractivity contribution in [3.8, 4) is 0 Å². The van der Waals surface area contributed by atoms with E-state index >= 15 is 0 Å². The summed E-state index contributed by atoms with van der Waals surface area (Å²) in [6, 6.07) is 6.91. The quantitative estimate of drug-likeness (QED) is 0.663. The second kappa shape index (κ2) is 4.97. The predicted molar refractivity (Wildman–Crippen MR) is 63.2 cm³/mol. The van der Waals surface area contributed by atoms with Gasteiger partial charge in [0.05, 0.1) is 5.92 Å². The molecule has 4 N–H and O–H groups in total. The van der Waals surface area contributed by atoms with Crippen LogP contribution in [0.25, 0.3) is 0 Å². The van der Waals surface area contributed by atoms with E-state index in [0.29, 0.717) is 12.1 Å². The lowest BCUT2D eigenvalue weighted by Gasteiger charge is -2.25. The zero-order valence-corrected chi connectivity index (χ0v) is 9.40. The van der Waals surface area contributed by atoms with Crippen molar-refractivity contribution in [3.63, 3.8) is 0 Å². The van der Waals surface area contributed by atoms with Crippen LogP contribution in [0.2, 0.25) is 0 Å². The van der Waals surface area contributed by atoms with E-state index in [1.54, 1.807) is 24.3 Å². The number of nitrogens with two attached hydrogens (primary N) is 1. The molecular weight excluding hydrogens is 218 g/mol. The topological polar surface area (TPSA) is 84.2 Å². The standard InChI is InChI=1S/C12H15N3O2/c13-11(16)9-3-1-8(2-4-9)5-15-12(17)10-6-14-7-10/h1-4,10,14H,5-7H2,(H2,13,16)(H,15,17). The van der Waals surface area contributed by atoms with Gasteiger partial charge in [-0.2, -0.15) is 0 Å². The van der Waals surface area contributed by atoms with Crippen molar-refractivity contribution < 1.29 is 9.59 Å². The molecule has 1 saturated heterocycles. The highest BCUT2D eigenvalue weighted by atomic mass is 16.2. The van der Waals surface area contributed by atoms with Crippen molar-refractivity contribution in [2.75, 3.05) is 13.1 Å². The number of amides is 2. The van der Waals surface area contributed by atoms with E-state index < -0.39 is 5.91 Å². The lowest BCUT2D eigenvalue weighted by atomic mass is 10.0. The van der Waals surface area contributed by atoms with E-state index in [0.717, 1.165) is 18.7 Å². The molecule has 17 heavy (non-hydrogen) atoms. The number of carbonyl (C=O) groups is 2. The maximum absolute atomic E-state index is 11.5. The second-order valence-electron chi connectivity index (χ2n) is 4.13. The Labute approximate surface area is 99.4 Å². The van der Waals surface area contributed by atoms with Crippen LogP contribution in [0, 0.1) is 5.92 Å². The predicted octanol–water partition coefficient (Wildman–Crippen LogP) is -0.379. The highest BCUT2D eigenvalue weighted by molar-refractivity contribution is 5.92. The molecule has 1 aromatic rings. The molecule has 0 saturated carbocycles. The number of nitrogens with one attached hydrogen (secondary N) is 2. The van der Waals surface area contributed by atoms with Crippen LogP contribution >= 0.6 is 0 Å². The van der Waals surface area contributed by atoms with Crippen molar-refractivity contribution >= 4 is 11.8 Å². The van der Waals surface area contributed by atoms with Gasteiger partial charge in [-0.1, -0.05) is 12.1 Å². The molecule has 5 nitrogen and oxygen atoms in total. The number of rotatable bonds is 4. The van der Waals surface area contributed by atoms with Crippen molar-refractivity contribution in [3.05, 3.63) is 35.4 Å². The zero-order chi connectivity index (χ0) is 12.3. The van der Waals surface area contributed by atoms with Gasteiger partial charge in [0, 0.05) is 25.2 Å². The van der Waals surface area contributed by atoms with Crippen LogP contribution in [-0.4, -0.2) is 24.9 Å². The Hall–Kier alpha value is -1.88. The average Bonchev–Trinajstić information content (AvgIpc) is 2.24. The van der Waals surface area contributed by atoms with Gasteiger partial charge in [-0.3, -0.25) is 9.59 Å². The molecule has 90 valence electrons. The van der Waals surface area contributed by atoms with Gasteiger partial charge in [0.15, 0.2) is 0 Å². The molecule has 1 heterocycles. The van der Waals surface area contributed by atoms with E-state index in [1.807, 2.05) is 0 Å². The Morgan fingerprint density at radius 2 is 1.94 bits per heavy atom. The highest BCUT2D eigenvalue weighted by Gasteiger charge is 2.24. The van der Waals surface area contributed by atoms with E-state index in [-0.39, 0.29) is 11.8 Å². The molecule has 0 bridgehead atoms. The van der Waals surface area contributed by atoms with Crippen LogP contribution < -0.4 is 16.4 Å². The molecule has 0 aromatic heterocycles. The maximum Gasteiger partial charge on any atom is 0.248 e.